The van der Waals surface area contributed by atoms with Crippen LogP contribution >= 0.6 is 0 Å². The van der Waals surface area contributed by atoms with Crippen molar-refractivity contribution in [2.75, 3.05) is 19.7 Å². The van der Waals surface area contributed by atoms with Crippen LogP contribution < -0.4 is 10.6 Å². The van der Waals surface area contributed by atoms with Gasteiger partial charge < -0.3 is 15.4 Å². The van der Waals surface area contributed by atoms with Gasteiger partial charge in [-0.1, -0.05) is 6.07 Å². The van der Waals surface area contributed by atoms with Gasteiger partial charge in [-0.05, 0) is 30.7 Å². The molecular weight excluding hydrogens is 297 g/mol. The lowest BCUT2D eigenvalue weighted by atomic mass is 9.99. The van der Waals surface area contributed by atoms with Crippen LogP contribution in [0.3, 0.4) is 0 Å². The summed E-state index contributed by atoms with van der Waals surface area (Å²) >= 11 is 0. The number of carbonyl (C=O) groups is 1. The fourth-order valence-corrected chi connectivity index (χ4v) is 2.91. The molecule has 7 heteroatoms. The Labute approximate surface area is 126 Å². The summed E-state index contributed by atoms with van der Waals surface area (Å²) in [7, 11) is 0. The van der Waals surface area contributed by atoms with E-state index >= 15 is 0 Å². The second kappa shape index (κ2) is 5.89. The maximum absolute atomic E-state index is 14.4. The Morgan fingerprint density at radius 3 is 2.86 bits per heavy atom. The van der Waals surface area contributed by atoms with Crippen molar-refractivity contribution >= 4 is 5.91 Å². The fourth-order valence-electron chi connectivity index (χ4n) is 2.91. The third-order valence-electron chi connectivity index (χ3n) is 4.19. The highest BCUT2D eigenvalue weighted by molar-refractivity contribution is 5.86. The van der Waals surface area contributed by atoms with Crippen molar-refractivity contribution in [2.24, 2.45) is 0 Å². The molecule has 0 aliphatic carbocycles. The monoisotopic (exact) mass is 314 g/mol. The SMILES string of the molecule is O=C(N[C@@H]1CCO[C@H]1c1ccc(F)c(F)c1)C1(F)CCNC1. The zero-order valence-electron chi connectivity index (χ0n) is 11.9. The molecule has 1 aromatic carbocycles. The van der Waals surface area contributed by atoms with Gasteiger partial charge in [0.05, 0.1) is 6.04 Å². The van der Waals surface area contributed by atoms with Gasteiger partial charge in [0.25, 0.3) is 5.91 Å². The third kappa shape index (κ3) is 2.83. The molecule has 0 bridgehead atoms. The summed E-state index contributed by atoms with van der Waals surface area (Å²) in [4.78, 5) is 12.1. The van der Waals surface area contributed by atoms with E-state index in [1.165, 1.54) is 6.07 Å². The number of alkyl halides is 1. The summed E-state index contributed by atoms with van der Waals surface area (Å²) in [6, 6.07) is 3.02. The van der Waals surface area contributed by atoms with Crippen molar-refractivity contribution in [3.63, 3.8) is 0 Å². The maximum atomic E-state index is 14.4. The molecular formula is C15H17F3N2O2. The third-order valence-corrected chi connectivity index (χ3v) is 4.19. The lowest BCUT2D eigenvalue weighted by Gasteiger charge is -2.24. The standard InChI is InChI=1S/C15H17F3N2O2/c16-10-2-1-9(7-11(10)17)13-12(3-6-22-13)20-14(21)15(18)4-5-19-8-15/h1-2,7,12-13,19H,3-6,8H2,(H,20,21)/t12-,13+,15?/m1/s1. The smallest absolute Gasteiger partial charge is 0.259 e. The number of carbonyl (C=O) groups excluding carboxylic acids is 1. The Hall–Kier alpha value is -1.60. The van der Waals surface area contributed by atoms with Gasteiger partial charge in [-0.2, -0.15) is 0 Å². The molecule has 2 heterocycles. The maximum Gasteiger partial charge on any atom is 0.259 e. The number of rotatable bonds is 3. The van der Waals surface area contributed by atoms with Gasteiger partial charge >= 0.3 is 0 Å². The van der Waals surface area contributed by atoms with Crippen molar-refractivity contribution in [3.8, 4) is 0 Å². The van der Waals surface area contributed by atoms with E-state index in [2.05, 4.69) is 10.6 Å². The van der Waals surface area contributed by atoms with Gasteiger partial charge in [0.2, 0.25) is 5.67 Å². The summed E-state index contributed by atoms with van der Waals surface area (Å²) in [5.74, 6) is -2.59. The molecule has 4 nitrogen and oxygen atoms in total. The molecule has 2 N–H and O–H groups in total. The Kier molecular flexibility index (Phi) is 4.10. The van der Waals surface area contributed by atoms with Crippen LogP contribution in [-0.4, -0.2) is 37.3 Å². The minimum atomic E-state index is -1.92. The van der Waals surface area contributed by atoms with Crippen LogP contribution in [0.1, 0.15) is 24.5 Å². The fraction of sp³-hybridized carbons (Fsp3) is 0.533. The number of amides is 1. The molecule has 2 aliphatic rings. The highest BCUT2D eigenvalue weighted by Gasteiger charge is 2.43. The molecule has 2 aliphatic heterocycles. The van der Waals surface area contributed by atoms with Crippen molar-refractivity contribution in [1.82, 2.24) is 10.6 Å². The molecule has 3 atom stereocenters. The van der Waals surface area contributed by atoms with Crippen molar-refractivity contribution in [3.05, 3.63) is 35.4 Å². The first kappa shape index (κ1) is 15.3. The van der Waals surface area contributed by atoms with E-state index < -0.39 is 35.4 Å². The van der Waals surface area contributed by atoms with Crippen molar-refractivity contribution in [1.29, 1.82) is 0 Å². The molecule has 0 radical (unpaired) electrons. The summed E-state index contributed by atoms with van der Waals surface area (Å²) in [5, 5.41) is 5.47. The summed E-state index contributed by atoms with van der Waals surface area (Å²) in [5.41, 5.74) is -1.49. The second-order valence-corrected chi connectivity index (χ2v) is 5.73. The molecule has 22 heavy (non-hydrogen) atoms. The summed E-state index contributed by atoms with van der Waals surface area (Å²) in [6.07, 6.45) is 0.0262. The molecule has 120 valence electrons. The van der Waals surface area contributed by atoms with E-state index in [0.717, 1.165) is 12.1 Å². The van der Waals surface area contributed by atoms with Gasteiger partial charge in [0.1, 0.15) is 6.10 Å². The lowest BCUT2D eigenvalue weighted by molar-refractivity contribution is -0.132. The van der Waals surface area contributed by atoms with E-state index in [0.29, 0.717) is 25.1 Å². The number of hydrogen-bond acceptors (Lipinski definition) is 3. The Morgan fingerprint density at radius 2 is 2.18 bits per heavy atom. The van der Waals surface area contributed by atoms with Crippen molar-refractivity contribution < 1.29 is 22.7 Å². The molecule has 3 rings (SSSR count). The first-order valence-corrected chi connectivity index (χ1v) is 7.27. The Bertz CT molecular complexity index is 576. The normalized spacial score (nSPS) is 31.4. The topological polar surface area (TPSA) is 50.4 Å². The highest BCUT2D eigenvalue weighted by atomic mass is 19.2. The number of halogens is 3. The summed E-state index contributed by atoms with van der Waals surface area (Å²) in [6.45, 7) is 0.812. The largest absolute Gasteiger partial charge is 0.371 e. The van der Waals surface area contributed by atoms with E-state index in [-0.39, 0.29) is 13.0 Å². The van der Waals surface area contributed by atoms with Crippen LogP contribution in [0.5, 0.6) is 0 Å². The highest BCUT2D eigenvalue weighted by Crippen LogP contribution is 2.31. The molecule has 0 spiro atoms. The molecule has 0 saturated carbocycles. The van der Waals surface area contributed by atoms with Crippen LogP contribution in [0, 0.1) is 11.6 Å². The molecule has 1 aromatic rings. The minimum Gasteiger partial charge on any atom is -0.371 e. The zero-order chi connectivity index (χ0) is 15.7. The van der Waals surface area contributed by atoms with Crippen LogP contribution in [0.25, 0.3) is 0 Å². The molecule has 2 saturated heterocycles. The van der Waals surface area contributed by atoms with Crippen LogP contribution in [0.15, 0.2) is 18.2 Å². The molecule has 1 amide bonds. The quantitative estimate of drug-likeness (QED) is 0.891. The predicted molar refractivity (Wildman–Crippen MR) is 72.9 cm³/mol. The predicted octanol–water partition coefficient (Wildman–Crippen LogP) is 1.61. The van der Waals surface area contributed by atoms with Gasteiger partial charge in [-0.3, -0.25) is 4.79 Å². The van der Waals surface area contributed by atoms with Crippen molar-refractivity contribution in [2.45, 2.75) is 30.7 Å². The first-order valence-electron chi connectivity index (χ1n) is 7.27. The molecule has 0 aromatic heterocycles. The van der Waals surface area contributed by atoms with E-state index in [1.54, 1.807) is 0 Å². The van der Waals surface area contributed by atoms with Gasteiger partial charge in [-0.15, -0.1) is 0 Å². The zero-order valence-corrected chi connectivity index (χ0v) is 11.9. The number of benzene rings is 1. The average Bonchev–Trinajstić information content (AvgIpc) is 3.12. The van der Waals surface area contributed by atoms with E-state index in [9.17, 15) is 18.0 Å². The second-order valence-electron chi connectivity index (χ2n) is 5.73. The van der Waals surface area contributed by atoms with Gasteiger partial charge in [-0.25, -0.2) is 13.2 Å². The van der Waals surface area contributed by atoms with Crippen LogP contribution in [0.2, 0.25) is 0 Å². The number of hydrogen-bond donors (Lipinski definition) is 2. The van der Waals surface area contributed by atoms with E-state index in [4.69, 9.17) is 4.74 Å². The molecule has 1 unspecified atom stereocenters. The van der Waals surface area contributed by atoms with E-state index in [1.807, 2.05) is 0 Å². The van der Waals surface area contributed by atoms with Crippen LogP contribution in [-0.2, 0) is 9.53 Å². The summed E-state index contributed by atoms with van der Waals surface area (Å²) < 4.78 is 46.2. The number of nitrogens with one attached hydrogen (secondary N) is 2. The van der Waals surface area contributed by atoms with Gasteiger partial charge in [0.15, 0.2) is 11.6 Å². The van der Waals surface area contributed by atoms with Gasteiger partial charge in [0, 0.05) is 19.6 Å². The van der Waals surface area contributed by atoms with Crippen LogP contribution in [0.4, 0.5) is 13.2 Å². The minimum absolute atomic E-state index is 0.0117. The Balaban J connectivity index is 1.73. The Morgan fingerprint density at radius 1 is 1.36 bits per heavy atom. The average molecular weight is 314 g/mol. The lowest BCUT2D eigenvalue weighted by Crippen LogP contribution is -2.49. The number of ether oxygens (including phenoxy) is 1. The molecule has 2 fully saturated rings. The first-order chi connectivity index (χ1) is 10.5.